The summed E-state index contributed by atoms with van der Waals surface area (Å²) in [4.78, 5) is 11.8. The van der Waals surface area contributed by atoms with Gasteiger partial charge in [-0.3, -0.25) is 4.79 Å². The average Bonchev–Trinajstić information content (AvgIpc) is 2.30. The largest absolute Gasteiger partial charge is 0.398 e. The Morgan fingerprint density at radius 2 is 2.35 bits per heavy atom. The van der Waals surface area contributed by atoms with Crippen molar-refractivity contribution < 1.29 is 14.6 Å². The first kappa shape index (κ1) is 14.0. The van der Waals surface area contributed by atoms with Crippen LogP contribution in [0, 0.1) is 0 Å². The van der Waals surface area contributed by atoms with Crippen LogP contribution in [-0.2, 0) is 4.74 Å². The minimum absolute atomic E-state index is 0.133. The predicted octanol–water partition coefficient (Wildman–Crippen LogP) is 0.768. The highest BCUT2D eigenvalue weighted by molar-refractivity contribution is 9.10. The third-order valence-corrected chi connectivity index (χ3v) is 3.02. The molecule has 0 saturated carbocycles. The van der Waals surface area contributed by atoms with Gasteiger partial charge in [-0.2, -0.15) is 0 Å². The van der Waals surface area contributed by atoms with Gasteiger partial charge in [0, 0.05) is 19.3 Å². The molecule has 1 unspecified atom stereocenters. The molecular formula is C11H15BrN2O3. The number of nitrogens with two attached hydrogens (primary N) is 1. The molecule has 6 heteroatoms. The van der Waals surface area contributed by atoms with Gasteiger partial charge in [-0.25, -0.2) is 0 Å². The van der Waals surface area contributed by atoms with Gasteiger partial charge in [-0.05, 0) is 28.1 Å². The van der Waals surface area contributed by atoms with E-state index in [1.54, 1.807) is 18.2 Å². The topological polar surface area (TPSA) is 84.6 Å². The lowest BCUT2D eigenvalue weighted by atomic mass is 10.2. The monoisotopic (exact) mass is 302 g/mol. The molecule has 0 aliphatic heterocycles. The van der Waals surface area contributed by atoms with Crippen LogP contribution < -0.4 is 11.1 Å². The van der Waals surface area contributed by atoms with Crippen LogP contribution >= 0.6 is 15.9 Å². The van der Waals surface area contributed by atoms with E-state index in [4.69, 9.17) is 10.5 Å². The lowest BCUT2D eigenvalue weighted by molar-refractivity contribution is 0.0609. The number of anilines is 1. The minimum Gasteiger partial charge on any atom is -0.398 e. The summed E-state index contributed by atoms with van der Waals surface area (Å²) >= 11 is 3.25. The standard InChI is InChI=1S/C11H15BrN2O3/c1-17-6-7(15)5-14-11(16)8-3-2-4-9(13)10(8)12/h2-4,7,15H,5-6,13H2,1H3,(H,14,16). The van der Waals surface area contributed by atoms with Gasteiger partial charge >= 0.3 is 0 Å². The van der Waals surface area contributed by atoms with E-state index >= 15 is 0 Å². The van der Waals surface area contributed by atoms with Gasteiger partial charge in [0.2, 0.25) is 0 Å². The summed E-state index contributed by atoms with van der Waals surface area (Å²) in [5.74, 6) is -0.292. The molecule has 0 aromatic heterocycles. The van der Waals surface area contributed by atoms with Crippen molar-refractivity contribution in [1.82, 2.24) is 5.32 Å². The second-order valence-electron chi connectivity index (χ2n) is 3.53. The molecule has 0 radical (unpaired) electrons. The Morgan fingerprint density at radius 1 is 1.65 bits per heavy atom. The number of methoxy groups -OCH3 is 1. The highest BCUT2D eigenvalue weighted by atomic mass is 79.9. The zero-order valence-electron chi connectivity index (χ0n) is 9.44. The zero-order chi connectivity index (χ0) is 12.8. The van der Waals surface area contributed by atoms with Gasteiger partial charge in [-0.1, -0.05) is 6.07 Å². The summed E-state index contributed by atoms with van der Waals surface area (Å²) < 4.78 is 5.31. The maximum Gasteiger partial charge on any atom is 0.252 e. The predicted molar refractivity (Wildman–Crippen MR) is 68.8 cm³/mol. The molecule has 4 N–H and O–H groups in total. The summed E-state index contributed by atoms with van der Waals surface area (Å²) in [6.07, 6.45) is -0.719. The van der Waals surface area contributed by atoms with E-state index in [-0.39, 0.29) is 19.1 Å². The number of nitrogens with one attached hydrogen (secondary N) is 1. The number of halogens is 1. The SMILES string of the molecule is COCC(O)CNC(=O)c1cccc(N)c1Br. The molecule has 0 aliphatic rings. The molecule has 0 bridgehead atoms. The molecule has 0 spiro atoms. The second kappa shape index (κ2) is 6.58. The van der Waals surface area contributed by atoms with Crippen LogP contribution in [0.1, 0.15) is 10.4 Å². The van der Waals surface area contributed by atoms with Crippen molar-refractivity contribution in [3.63, 3.8) is 0 Å². The van der Waals surface area contributed by atoms with Crippen LogP contribution in [0.25, 0.3) is 0 Å². The van der Waals surface area contributed by atoms with E-state index in [1.807, 2.05) is 0 Å². The quantitative estimate of drug-likeness (QED) is 0.701. The van der Waals surface area contributed by atoms with Crippen LogP contribution in [-0.4, -0.2) is 37.4 Å². The Balaban J connectivity index is 2.61. The van der Waals surface area contributed by atoms with Crippen molar-refractivity contribution >= 4 is 27.5 Å². The number of hydrogen-bond acceptors (Lipinski definition) is 4. The van der Waals surface area contributed by atoms with Crippen molar-refractivity contribution in [3.05, 3.63) is 28.2 Å². The maximum absolute atomic E-state index is 11.8. The van der Waals surface area contributed by atoms with Crippen molar-refractivity contribution in [2.24, 2.45) is 0 Å². The average molecular weight is 303 g/mol. The van der Waals surface area contributed by atoms with E-state index in [9.17, 15) is 9.90 Å². The van der Waals surface area contributed by atoms with Crippen molar-refractivity contribution in [2.45, 2.75) is 6.10 Å². The number of aliphatic hydroxyl groups is 1. The summed E-state index contributed by atoms with van der Waals surface area (Å²) in [5.41, 5.74) is 6.60. The number of hydrogen-bond donors (Lipinski definition) is 3. The van der Waals surface area contributed by atoms with E-state index in [0.717, 1.165) is 0 Å². The summed E-state index contributed by atoms with van der Waals surface area (Å²) in [6.45, 7) is 0.312. The molecule has 17 heavy (non-hydrogen) atoms. The normalized spacial score (nSPS) is 12.2. The highest BCUT2D eigenvalue weighted by Gasteiger charge is 2.12. The molecule has 0 saturated heterocycles. The number of aliphatic hydroxyl groups excluding tert-OH is 1. The fraction of sp³-hybridized carbons (Fsp3) is 0.364. The van der Waals surface area contributed by atoms with Gasteiger partial charge in [0.05, 0.1) is 22.7 Å². The Hall–Kier alpha value is -1.11. The molecule has 0 fully saturated rings. The fourth-order valence-corrected chi connectivity index (χ4v) is 1.73. The van der Waals surface area contributed by atoms with Gasteiger partial charge in [0.1, 0.15) is 0 Å². The molecule has 5 nitrogen and oxygen atoms in total. The number of benzene rings is 1. The molecule has 0 aliphatic carbocycles. The third kappa shape index (κ3) is 3.99. The Labute approximate surface area is 108 Å². The van der Waals surface area contributed by atoms with Crippen molar-refractivity contribution in [3.8, 4) is 0 Å². The maximum atomic E-state index is 11.8. The molecule has 1 aromatic carbocycles. The van der Waals surface area contributed by atoms with Crippen LogP contribution in [0.15, 0.2) is 22.7 Å². The Morgan fingerprint density at radius 3 is 3.00 bits per heavy atom. The zero-order valence-corrected chi connectivity index (χ0v) is 11.0. The number of nitrogen functional groups attached to an aromatic ring is 1. The van der Waals surface area contributed by atoms with Crippen LogP contribution in [0.2, 0.25) is 0 Å². The van der Waals surface area contributed by atoms with E-state index < -0.39 is 6.10 Å². The first-order valence-corrected chi connectivity index (χ1v) is 5.84. The van der Waals surface area contributed by atoms with Gasteiger partial charge in [0.25, 0.3) is 5.91 Å². The number of ether oxygens (including phenoxy) is 1. The number of carbonyl (C=O) groups is 1. The van der Waals surface area contributed by atoms with Gasteiger partial charge in [-0.15, -0.1) is 0 Å². The highest BCUT2D eigenvalue weighted by Crippen LogP contribution is 2.23. The van der Waals surface area contributed by atoms with Crippen LogP contribution in [0.5, 0.6) is 0 Å². The summed E-state index contributed by atoms with van der Waals surface area (Å²) in [7, 11) is 1.49. The van der Waals surface area contributed by atoms with E-state index in [1.165, 1.54) is 7.11 Å². The number of amides is 1. The molecule has 1 aromatic rings. The summed E-state index contributed by atoms with van der Waals surface area (Å²) in [6, 6.07) is 5.04. The molecule has 0 heterocycles. The third-order valence-electron chi connectivity index (χ3n) is 2.13. The van der Waals surface area contributed by atoms with Gasteiger partial charge in [0.15, 0.2) is 0 Å². The van der Waals surface area contributed by atoms with Crippen molar-refractivity contribution in [1.29, 1.82) is 0 Å². The lowest BCUT2D eigenvalue weighted by Crippen LogP contribution is -2.34. The fourth-order valence-electron chi connectivity index (χ4n) is 1.28. The first-order valence-electron chi connectivity index (χ1n) is 5.05. The first-order chi connectivity index (χ1) is 8.06. The lowest BCUT2D eigenvalue weighted by Gasteiger charge is -2.12. The van der Waals surface area contributed by atoms with E-state index in [2.05, 4.69) is 21.2 Å². The number of carbonyl (C=O) groups excluding carboxylic acids is 1. The smallest absolute Gasteiger partial charge is 0.252 e. The molecule has 94 valence electrons. The molecular weight excluding hydrogens is 288 g/mol. The number of rotatable bonds is 5. The molecule has 1 rings (SSSR count). The molecule has 1 atom stereocenters. The summed E-state index contributed by atoms with van der Waals surface area (Å²) in [5, 5.41) is 12.0. The molecule has 1 amide bonds. The van der Waals surface area contributed by atoms with Crippen LogP contribution in [0.4, 0.5) is 5.69 Å². The minimum atomic E-state index is -0.719. The van der Waals surface area contributed by atoms with Gasteiger partial charge < -0.3 is 20.9 Å². The Kier molecular flexibility index (Phi) is 5.40. The van der Waals surface area contributed by atoms with E-state index in [0.29, 0.717) is 15.7 Å². The van der Waals surface area contributed by atoms with Crippen LogP contribution in [0.3, 0.4) is 0 Å². The van der Waals surface area contributed by atoms with Crippen molar-refractivity contribution in [2.75, 3.05) is 26.0 Å². The second-order valence-corrected chi connectivity index (χ2v) is 4.32. The Bertz CT molecular complexity index is 398.